The largest absolute Gasteiger partial charge is 0.493 e. The highest BCUT2D eigenvalue weighted by Crippen LogP contribution is 2.29. The number of halogens is 1. The van der Waals surface area contributed by atoms with Gasteiger partial charge in [-0.05, 0) is 30.3 Å². The molecule has 0 saturated heterocycles. The summed E-state index contributed by atoms with van der Waals surface area (Å²) in [5, 5.41) is 2.77. The second kappa shape index (κ2) is 9.58. The third-order valence-electron chi connectivity index (χ3n) is 5.30. The Labute approximate surface area is 194 Å². The molecule has 4 aromatic rings. The summed E-state index contributed by atoms with van der Waals surface area (Å²) in [5.41, 5.74) is 0.373. The predicted octanol–water partition coefficient (Wildman–Crippen LogP) is 4.03. The Balaban J connectivity index is 1.72. The number of nitrogens with one attached hydrogen (secondary N) is 1. The van der Waals surface area contributed by atoms with Crippen molar-refractivity contribution in [2.75, 3.05) is 19.5 Å². The fraction of sp³-hybridized carbons (Fsp3) is 0.115. The number of methoxy groups -OCH3 is 2. The molecule has 0 bridgehead atoms. The Morgan fingerprint density at radius 1 is 0.941 bits per heavy atom. The fourth-order valence-corrected chi connectivity index (χ4v) is 3.68. The Morgan fingerprint density at radius 3 is 2.38 bits per heavy atom. The number of ether oxygens (including phenoxy) is 2. The van der Waals surface area contributed by atoms with Crippen LogP contribution in [0.25, 0.3) is 10.9 Å². The number of rotatable bonds is 7. The molecule has 0 unspecified atom stereocenters. The Hall–Kier alpha value is -4.46. The topological polar surface area (TPSA) is 86.6 Å². The van der Waals surface area contributed by atoms with E-state index in [1.807, 2.05) is 0 Å². The molecule has 7 nitrogen and oxygen atoms in total. The van der Waals surface area contributed by atoms with E-state index >= 15 is 0 Å². The van der Waals surface area contributed by atoms with Crippen LogP contribution in [-0.4, -0.2) is 30.5 Å². The van der Waals surface area contributed by atoms with Gasteiger partial charge in [0.1, 0.15) is 12.4 Å². The first-order valence-electron chi connectivity index (χ1n) is 10.4. The molecule has 172 valence electrons. The minimum atomic E-state index is -0.616. The molecule has 1 N–H and O–H groups in total. The van der Waals surface area contributed by atoms with E-state index in [9.17, 15) is 18.8 Å². The number of hydrogen-bond donors (Lipinski definition) is 1. The maximum Gasteiger partial charge on any atom is 0.244 e. The molecule has 0 aliphatic carbocycles. The number of anilines is 1. The number of carbonyl (C=O) groups excluding carboxylic acids is 2. The Kier molecular flexibility index (Phi) is 6.40. The molecule has 0 aliphatic heterocycles. The van der Waals surface area contributed by atoms with E-state index in [-0.39, 0.29) is 17.5 Å². The van der Waals surface area contributed by atoms with E-state index < -0.39 is 22.9 Å². The summed E-state index contributed by atoms with van der Waals surface area (Å²) in [4.78, 5) is 38.9. The van der Waals surface area contributed by atoms with Crippen molar-refractivity contribution in [3.05, 3.63) is 100 Å². The van der Waals surface area contributed by atoms with Crippen LogP contribution in [0.5, 0.6) is 11.5 Å². The van der Waals surface area contributed by atoms with Crippen LogP contribution >= 0.6 is 0 Å². The second-order valence-electron chi connectivity index (χ2n) is 7.47. The van der Waals surface area contributed by atoms with Gasteiger partial charge in [0.15, 0.2) is 17.3 Å². The highest BCUT2D eigenvalue weighted by atomic mass is 19.1. The molecular formula is C26H21FN2O5. The molecule has 0 aliphatic rings. The van der Waals surface area contributed by atoms with E-state index in [1.165, 1.54) is 37.1 Å². The lowest BCUT2D eigenvalue weighted by Gasteiger charge is -2.14. The zero-order valence-corrected chi connectivity index (χ0v) is 18.5. The molecule has 1 amide bonds. The number of aromatic nitrogens is 1. The molecule has 4 rings (SSSR count). The average molecular weight is 460 g/mol. The molecule has 0 radical (unpaired) electrons. The number of nitrogens with zero attached hydrogens (tertiary/aromatic N) is 1. The minimum Gasteiger partial charge on any atom is -0.493 e. The number of ketones is 1. The smallest absolute Gasteiger partial charge is 0.244 e. The van der Waals surface area contributed by atoms with Gasteiger partial charge in [-0.15, -0.1) is 0 Å². The highest BCUT2D eigenvalue weighted by Gasteiger charge is 2.19. The van der Waals surface area contributed by atoms with Crippen LogP contribution in [-0.2, 0) is 11.3 Å². The molecule has 1 aromatic heterocycles. The summed E-state index contributed by atoms with van der Waals surface area (Å²) in [5.74, 6) is -0.584. The summed E-state index contributed by atoms with van der Waals surface area (Å²) in [7, 11) is 3.00. The van der Waals surface area contributed by atoms with E-state index in [1.54, 1.807) is 48.5 Å². The quantitative estimate of drug-likeness (QED) is 0.421. The summed E-state index contributed by atoms with van der Waals surface area (Å²) in [6.45, 7) is -0.216. The lowest BCUT2D eigenvalue weighted by molar-refractivity contribution is -0.116. The Morgan fingerprint density at radius 2 is 1.68 bits per heavy atom. The van der Waals surface area contributed by atoms with Crippen molar-refractivity contribution >= 4 is 28.3 Å². The van der Waals surface area contributed by atoms with Crippen molar-refractivity contribution in [2.24, 2.45) is 0 Å². The van der Waals surface area contributed by atoms with Gasteiger partial charge in [-0.1, -0.05) is 30.3 Å². The maximum absolute atomic E-state index is 14.0. The molecule has 0 fully saturated rings. The van der Waals surface area contributed by atoms with Crippen molar-refractivity contribution in [2.45, 2.75) is 6.54 Å². The number of carbonyl (C=O) groups is 2. The fourth-order valence-electron chi connectivity index (χ4n) is 3.68. The predicted molar refractivity (Wildman–Crippen MR) is 126 cm³/mol. The van der Waals surface area contributed by atoms with Gasteiger partial charge < -0.3 is 19.4 Å². The molecule has 3 aromatic carbocycles. The van der Waals surface area contributed by atoms with Crippen LogP contribution < -0.4 is 20.2 Å². The van der Waals surface area contributed by atoms with E-state index in [2.05, 4.69) is 5.32 Å². The number of amides is 1. The van der Waals surface area contributed by atoms with E-state index in [4.69, 9.17) is 9.47 Å². The van der Waals surface area contributed by atoms with Crippen LogP contribution in [0.1, 0.15) is 15.9 Å². The standard InChI is InChI=1S/C26H21FN2O5/c1-33-22-11-9-18(13-23(22)34-2)28-24(30)15-29-14-20(25(31)16-6-4-3-5-7-16)26(32)19-12-17(27)8-10-21(19)29/h3-14H,15H2,1-2H3,(H,28,30). The normalized spacial score (nSPS) is 10.7. The van der Waals surface area contributed by atoms with Gasteiger partial charge in [0.05, 0.1) is 25.3 Å². The van der Waals surface area contributed by atoms with Crippen molar-refractivity contribution < 1.29 is 23.5 Å². The molecule has 0 saturated carbocycles. The maximum atomic E-state index is 14.0. The van der Waals surface area contributed by atoms with Crippen LogP contribution in [0.3, 0.4) is 0 Å². The number of fused-ring (bicyclic) bond motifs is 1. The van der Waals surface area contributed by atoms with Gasteiger partial charge in [0.2, 0.25) is 11.3 Å². The third kappa shape index (κ3) is 4.52. The molecule has 0 spiro atoms. The van der Waals surface area contributed by atoms with Gasteiger partial charge in [-0.3, -0.25) is 14.4 Å². The zero-order valence-electron chi connectivity index (χ0n) is 18.5. The number of hydrogen-bond acceptors (Lipinski definition) is 5. The first-order chi connectivity index (χ1) is 16.4. The van der Waals surface area contributed by atoms with Gasteiger partial charge in [0, 0.05) is 28.9 Å². The van der Waals surface area contributed by atoms with E-state index in [0.717, 1.165) is 6.07 Å². The first kappa shape index (κ1) is 22.7. The van der Waals surface area contributed by atoms with Gasteiger partial charge in [-0.2, -0.15) is 0 Å². The SMILES string of the molecule is COc1ccc(NC(=O)Cn2cc(C(=O)c3ccccc3)c(=O)c3cc(F)ccc32)cc1OC. The van der Waals surface area contributed by atoms with Gasteiger partial charge in [0.25, 0.3) is 0 Å². The lowest BCUT2D eigenvalue weighted by atomic mass is 10.0. The molecule has 8 heteroatoms. The second-order valence-corrected chi connectivity index (χ2v) is 7.47. The average Bonchev–Trinajstić information content (AvgIpc) is 2.85. The molecule has 1 heterocycles. The van der Waals surface area contributed by atoms with Gasteiger partial charge >= 0.3 is 0 Å². The first-order valence-corrected chi connectivity index (χ1v) is 10.4. The van der Waals surface area contributed by atoms with Crippen molar-refractivity contribution in [1.29, 1.82) is 0 Å². The number of pyridine rings is 1. The van der Waals surface area contributed by atoms with Crippen molar-refractivity contribution in [3.63, 3.8) is 0 Å². The summed E-state index contributed by atoms with van der Waals surface area (Å²) >= 11 is 0. The van der Waals surface area contributed by atoms with Crippen LogP contribution in [0.4, 0.5) is 10.1 Å². The van der Waals surface area contributed by atoms with Crippen LogP contribution in [0, 0.1) is 5.82 Å². The monoisotopic (exact) mass is 460 g/mol. The third-order valence-corrected chi connectivity index (χ3v) is 5.30. The highest BCUT2D eigenvalue weighted by molar-refractivity contribution is 6.10. The Bertz CT molecular complexity index is 1450. The van der Waals surface area contributed by atoms with Crippen molar-refractivity contribution in [3.8, 4) is 11.5 Å². The van der Waals surface area contributed by atoms with Crippen molar-refractivity contribution in [1.82, 2.24) is 4.57 Å². The van der Waals surface area contributed by atoms with Gasteiger partial charge in [-0.25, -0.2) is 4.39 Å². The molecule has 34 heavy (non-hydrogen) atoms. The summed E-state index contributed by atoms with van der Waals surface area (Å²) in [6, 6.07) is 16.9. The summed E-state index contributed by atoms with van der Waals surface area (Å²) < 4.78 is 25.9. The summed E-state index contributed by atoms with van der Waals surface area (Å²) in [6.07, 6.45) is 1.34. The van der Waals surface area contributed by atoms with E-state index in [0.29, 0.717) is 28.3 Å². The lowest BCUT2D eigenvalue weighted by Crippen LogP contribution is -2.24. The molecule has 0 atom stereocenters. The molecular weight excluding hydrogens is 439 g/mol. The zero-order chi connectivity index (χ0) is 24.2. The number of benzene rings is 3. The van der Waals surface area contributed by atoms with Crippen LogP contribution in [0.15, 0.2) is 77.7 Å². The van der Waals surface area contributed by atoms with Crippen LogP contribution in [0.2, 0.25) is 0 Å². The minimum absolute atomic E-state index is 0.0145.